The predicted octanol–water partition coefficient (Wildman–Crippen LogP) is 3.25. The summed E-state index contributed by atoms with van der Waals surface area (Å²) >= 11 is 0. The Morgan fingerprint density at radius 1 is 1.31 bits per heavy atom. The van der Waals surface area contributed by atoms with Crippen molar-refractivity contribution in [3.05, 3.63) is 23.0 Å². The van der Waals surface area contributed by atoms with E-state index >= 15 is 0 Å². The van der Waals surface area contributed by atoms with Crippen molar-refractivity contribution < 1.29 is 9.32 Å². The number of carbonyl (C=O) groups is 1. The standard InChI is InChI=1S/C18H28N6O2/c1-5-13-14(6-2)21-24(4)16(13)20-18(25)23(3)11-15-19-17(26-22-15)12-9-7-8-10-12/h12H,5-11H2,1-4H3,(H,20,25). The molecule has 8 heteroatoms. The van der Waals surface area contributed by atoms with Gasteiger partial charge in [0.15, 0.2) is 5.82 Å². The van der Waals surface area contributed by atoms with Gasteiger partial charge in [0.25, 0.3) is 0 Å². The minimum Gasteiger partial charge on any atom is -0.339 e. The molecule has 0 aliphatic heterocycles. The van der Waals surface area contributed by atoms with Crippen LogP contribution in [0.25, 0.3) is 0 Å². The van der Waals surface area contributed by atoms with E-state index < -0.39 is 0 Å². The van der Waals surface area contributed by atoms with E-state index in [1.165, 1.54) is 12.8 Å². The minimum absolute atomic E-state index is 0.211. The van der Waals surface area contributed by atoms with E-state index in [4.69, 9.17) is 4.52 Å². The Morgan fingerprint density at radius 2 is 2.04 bits per heavy atom. The zero-order valence-electron chi connectivity index (χ0n) is 16.1. The smallest absolute Gasteiger partial charge is 0.323 e. The van der Waals surface area contributed by atoms with E-state index in [1.807, 2.05) is 7.05 Å². The third-order valence-electron chi connectivity index (χ3n) is 5.06. The molecule has 142 valence electrons. The highest BCUT2D eigenvalue weighted by Crippen LogP contribution is 2.32. The maximum absolute atomic E-state index is 12.6. The normalized spacial score (nSPS) is 14.8. The molecule has 1 aliphatic rings. The molecule has 0 unspecified atom stereocenters. The van der Waals surface area contributed by atoms with E-state index in [9.17, 15) is 4.79 Å². The summed E-state index contributed by atoms with van der Waals surface area (Å²) in [6, 6.07) is -0.211. The van der Waals surface area contributed by atoms with E-state index in [0.717, 1.165) is 42.8 Å². The fourth-order valence-corrected chi connectivity index (χ4v) is 3.59. The summed E-state index contributed by atoms with van der Waals surface area (Å²) in [7, 11) is 3.57. The Balaban J connectivity index is 1.64. The van der Waals surface area contributed by atoms with Crippen molar-refractivity contribution in [3.63, 3.8) is 0 Å². The van der Waals surface area contributed by atoms with Crippen molar-refractivity contribution in [2.75, 3.05) is 12.4 Å². The number of anilines is 1. The maximum Gasteiger partial charge on any atom is 0.323 e. The SMILES string of the molecule is CCc1nn(C)c(NC(=O)N(C)Cc2noc(C3CCCC3)n2)c1CC. The third kappa shape index (κ3) is 3.73. The molecule has 0 atom stereocenters. The van der Waals surface area contributed by atoms with Gasteiger partial charge in [0, 0.05) is 25.6 Å². The number of nitrogens with zero attached hydrogens (tertiary/aromatic N) is 5. The number of hydrogen-bond donors (Lipinski definition) is 1. The number of nitrogens with one attached hydrogen (secondary N) is 1. The molecule has 0 radical (unpaired) electrons. The lowest BCUT2D eigenvalue weighted by Crippen LogP contribution is -2.32. The molecule has 2 aromatic rings. The molecule has 1 fully saturated rings. The Hall–Kier alpha value is -2.38. The van der Waals surface area contributed by atoms with Crippen LogP contribution in [0, 0.1) is 0 Å². The zero-order chi connectivity index (χ0) is 18.7. The first-order valence-electron chi connectivity index (χ1n) is 9.42. The van der Waals surface area contributed by atoms with Crippen LogP contribution >= 0.6 is 0 Å². The van der Waals surface area contributed by atoms with Gasteiger partial charge in [-0.3, -0.25) is 10.00 Å². The topological polar surface area (TPSA) is 89.1 Å². The van der Waals surface area contributed by atoms with E-state index in [1.54, 1.807) is 16.6 Å². The first kappa shape index (κ1) is 18.4. The minimum atomic E-state index is -0.211. The molecule has 1 saturated carbocycles. The molecule has 8 nitrogen and oxygen atoms in total. The van der Waals surface area contributed by atoms with Crippen LogP contribution in [0.15, 0.2) is 4.52 Å². The fourth-order valence-electron chi connectivity index (χ4n) is 3.59. The number of amides is 2. The van der Waals surface area contributed by atoms with Crippen LogP contribution in [0.5, 0.6) is 0 Å². The van der Waals surface area contributed by atoms with E-state index in [2.05, 4.69) is 34.4 Å². The highest BCUT2D eigenvalue weighted by Gasteiger charge is 2.24. The van der Waals surface area contributed by atoms with Gasteiger partial charge in [0.1, 0.15) is 5.82 Å². The number of rotatable bonds is 6. The van der Waals surface area contributed by atoms with Gasteiger partial charge in [-0.2, -0.15) is 10.1 Å². The molecular formula is C18H28N6O2. The Morgan fingerprint density at radius 3 is 2.69 bits per heavy atom. The second-order valence-corrected chi connectivity index (χ2v) is 6.92. The number of hydrogen-bond acceptors (Lipinski definition) is 5. The van der Waals surface area contributed by atoms with Gasteiger partial charge in [-0.1, -0.05) is 31.8 Å². The first-order valence-corrected chi connectivity index (χ1v) is 9.42. The van der Waals surface area contributed by atoms with Crippen molar-refractivity contribution in [3.8, 4) is 0 Å². The Labute approximate surface area is 153 Å². The van der Waals surface area contributed by atoms with Crippen molar-refractivity contribution in [2.24, 2.45) is 7.05 Å². The largest absolute Gasteiger partial charge is 0.339 e. The number of carbonyl (C=O) groups excluding carboxylic acids is 1. The molecule has 0 bridgehead atoms. The lowest BCUT2D eigenvalue weighted by molar-refractivity contribution is 0.218. The number of aryl methyl sites for hydroxylation is 2. The van der Waals surface area contributed by atoms with Gasteiger partial charge >= 0.3 is 6.03 Å². The molecule has 26 heavy (non-hydrogen) atoms. The maximum atomic E-state index is 12.6. The van der Waals surface area contributed by atoms with Crippen LogP contribution in [0.3, 0.4) is 0 Å². The average Bonchev–Trinajstić information content (AvgIpc) is 3.35. The van der Waals surface area contributed by atoms with Crippen molar-refractivity contribution in [2.45, 2.75) is 64.8 Å². The van der Waals surface area contributed by atoms with Crippen molar-refractivity contribution in [1.29, 1.82) is 0 Å². The molecule has 0 spiro atoms. The Bertz CT molecular complexity index is 760. The van der Waals surface area contributed by atoms with Crippen molar-refractivity contribution >= 4 is 11.8 Å². The summed E-state index contributed by atoms with van der Waals surface area (Å²) in [6.07, 6.45) is 6.32. The molecule has 2 aromatic heterocycles. The summed E-state index contributed by atoms with van der Waals surface area (Å²) in [5.74, 6) is 2.38. The second kappa shape index (κ2) is 7.88. The van der Waals surface area contributed by atoms with Gasteiger partial charge in [-0.15, -0.1) is 0 Å². The fraction of sp³-hybridized carbons (Fsp3) is 0.667. The summed E-state index contributed by atoms with van der Waals surface area (Å²) in [4.78, 5) is 18.6. The quantitative estimate of drug-likeness (QED) is 0.854. The zero-order valence-corrected chi connectivity index (χ0v) is 16.1. The van der Waals surface area contributed by atoms with Crippen LogP contribution < -0.4 is 5.32 Å². The lowest BCUT2D eigenvalue weighted by Gasteiger charge is -2.17. The average molecular weight is 360 g/mol. The van der Waals surface area contributed by atoms with Gasteiger partial charge in [0.05, 0.1) is 12.2 Å². The van der Waals surface area contributed by atoms with Crippen molar-refractivity contribution in [1.82, 2.24) is 24.8 Å². The van der Waals surface area contributed by atoms with E-state index in [-0.39, 0.29) is 6.03 Å². The monoisotopic (exact) mass is 360 g/mol. The van der Waals surface area contributed by atoms with Crippen LogP contribution in [-0.2, 0) is 26.4 Å². The molecular weight excluding hydrogens is 332 g/mol. The molecule has 1 aliphatic carbocycles. The molecule has 0 saturated heterocycles. The summed E-state index contributed by atoms with van der Waals surface area (Å²) in [5.41, 5.74) is 2.10. The van der Waals surface area contributed by atoms with Gasteiger partial charge < -0.3 is 9.42 Å². The molecule has 3 rings (SSSR count). The lowest BCUT2D eigenvalue weighted by atomic mass is 10.1. The second-order valence-electron chi connectivity index (χ2n) is 6.92. The molecule has 1 N–H and O–H groups in total. The van der Waals surface area contributed by atoms with Crippen LogP contribution in [0.2, 0.25) is 0 Å². The Kier molecular flexibility index (Phi) is 5.58. The number of urea groups is 1. The van der Waals surface area contributed by atoms with Crippen LogP contribution in [0.4, 0.5) is 10.6 Å². The first-order chi connectivity index (χ1) is 12.5. The molecule has 2 heterocycles. The van der Waals surface area contributed by atoms with Gasteiger partial charge in [0.2, 0.25) is 5.89 Å². The summed E-state index contributed by atoms with van der Waals surface area (Å²) in [6.45, 7) is 4.44. The highest BCUT2D eigenvalue weighted by atomic mass is 16.5. The summed E-state index contributed by atoms with van der Waals surface area (Å²) in [5, 5.41) is 11.5. The molecule has 2 amide bonds. The van der Waals surface area contributed by atoms with Crippen LogP contribution in [0.1, 0.15) is 68.4 Å². The highest BCUT2D eigenvalue weighted by molar-refractivity contribution is 5.89. The number of aromatic nitrogens is 4. The van der Waals surface area contributed by atoms with Gasteiger partial charge in [-0.05, 0) is 25.7 Å². The third-order valence-corrected chi connectivity index (χ3v) is 5.06. The predicted molar refractivity (Wildman–Crippen MR) is 98.0 cm³/mol. The van der Waals surface area contributed by atoms with Crippen LogP contribution in [-0.4, -0.2) is 37.9 Å². The summed E-state index contributed by atoms with van der Waals surface area (Å²) < 4.78 is 7.12. The van der Waals surface area contributed by atoms with E-state index in [0.29, 0.717) is 24.2 Å². The van der Waals surface area contributed by atoms with Gasteiger partial charge in [-0.25, -0.2) is 4.79 Å². The molecule has 0 aromatic carbocycles.